The van der Waals surface area contributed by atoms with E-state index in [1.54, 1.807) is 11.8 Å². The van der Waals surface area contributed by atoms with Gasteiger partial charge in [-0.05, 0) is 58.0 Å². The Kier molecular flexibility index (Phi) is 3.63. The Hall–Kier alpha value is 0.550. The number of alkyl halides is 1. The molecule has 2 aromatic rings. The molecule has 0 amide bonds. The Labute approximate surface area is 110 Å². The van der Waals surface area contributed by atoms with Crippen molar-refractivity contribution in [3.8, 4) is 0 Å². The van der Waals surface area contributed by atoms with Gasteiger partial charge in [-0.3, -0.25) is 0 Å². The van der Waals surface area contributed by atoms with Crippen LogP contribution in [0.5, 0.6) is 0 Å². The molecule has 0 bridgehead atoms. The van der Waals surface area contributed by atoms with E-state index in [-0.39, 0.29) is 0 Å². The smallest absolute Gasteiger partial charge is 0.0666 e. The molecule has 0 fully saturated rings. The molecule has 14 heavy (non-hydrogen) atoms. The number of hydrogen-bond donors (Lipinski definition) is 0. The van der Waals surface area contributed by atoms with Crippen molar-refractivity contribution >= 4 is 67.4 Å². The Morgan fingerprint density at radius 1 is 1.43 bits per heavy atom. The third-order valence-corrected chi connectivity index (χ3v) is 5.00. The van der Waals surface area contributed by atoms with Gasteiger partial charge in [-0.2, -0.15) is 0 Å². The lowest BCUT2D eigenvalue weighted by Gasteiger charge is -2.03. The first kappa shape index (κ1) is 11.0. The highest BCUT2D eigenvalue weighted by atomic mass is 127. The standard InChI is InChI=1S/C10H8ClIS2/c1-13-8-2-6-4-10(12)14-9(6)3-7(8)5-11/h2-4H,5H2,1H3. The van der Waals surface area contributed by atoms with Crippen molar-refractivity contribution in [1.82, 2.24) is 0 Å². The average molecular weight is 355 g/mol. The van der Waals surface area contributed by atoms with Crippen LogP contribution in [0.3, 0.4) is 0 Å². The van der Waals surface area contributed by atoms with Crippen LogP contribution in [-0.4, -0.2) is 6.26 Å². The van der Waals surface area contributed by atoms with E-state index in [1.807, 2.05) is 11.3 Å². The van der Waals surface area contributed by atoms with E-state index in [0.29, 0.717) is 5.88 Å². The zero-order chi connectivity index (χ0) is 10.1. The van der Waals surface area contributed by atoms with Gasteiger partial charge in [0, 0.05) is 15.5 Å². The molecular weight excluding hydrogens is 347 g/mol. The molecular formula is C10H8ClIS2. The normalized spacial score (nSPS) is 11.1. The molecule has 0 aliphatic rings. The summed E-state index contributed by atoms with van der Waals surface area (Å²) in [4.78, 5) is 1.29. The lowest BCUT2D eigenvalue weighted by Crippen LogP contribution is -1.81. The van der Waals surface area contributed by atoms with Crippen LogP contribution in [0, 0.1) is 2.88 Å². The van der Waals surface area contributed by atoms with E-state index < -0.39 is 0 Å². The van der Waals surface area contributed by atoms with Gasteiger partial charge in [-0.1, -0.05) is 0 Å². The first-order valence-electron chi connectivity index (χ1n) is 4.06. The van der Waals surface area contributed by atoms with Crippen molar-refractivity contribution in [2.24, 2.45) is 0 Å². The summed E-state index contributed by atoms with van der Waals surface area (Å²) in [7, 11) is 0. The van der Waals surface area contributed by atoms with Crippen LogP contribution in [0.15, 0.2) is 23.1 Å². The first-order chi connectivity index (χ1) is 6.74. The van der Waals surface area contributed by atoms with Crippen molar-refractivity contribution in [3.63, 3.8) is 0 Å². The zero-order valence-electron chi connectivity index (χ0n) is 7.51. The number of halogens is 2. The fourth-order valence-corrected chi connectivity index (χ4v) is 4.19. The van der Waals surface area contributed by atoms with Crippen LogP contribution in [0.4, 0.5) is 0 Å². The Bertz CT molecular complexity index is 423. The molecule has 0 atom stereocenters. The second-order valence-electron chi connectivity index (χ2n) is 2.89. The monoisotopic (exact) mass is 354 g/mol. The topological polar surface area (TPSA) is 0 Å². The highest BCUT2D eigenvalue weighted by Crippen LogP contribution is 2.33. The quantitative estimate of drug-likeness (QED) is 0.417. The number of fused-ring (bicyclic) bond motifs is 1. The maximum atomic E-state index is 5.91. The molecule has 0 aliphatic heterocycles. The van der Waals surface area contributed by atoms with Gasteiger partial charge in [0.1, 0.15) is 0 Å². The molecule has 74 valence electrons. The van der Waals surface area contributed by atoms with Gasteiger partial charge >= 0.3 is 0 Å². The maximum absolute atomic E-state index is 5.91. The van der Waals surface area contributed by atoms with Crippen molar-refractivity contribution in [1.29, 1.82) is 0 Å². The van der Waals surface area contributed by atoms with E-state index in [4.69, 9.17) is 11.6 Å². The SMILES string of the molecule is CSc1cc2cc(I)sc2cc1CCl. The number of benzene rings is 1. The minimum Gasteiger partial charge on any atom is -0.129 e. The third-order valence-electron chi connectivity index (χ3n) is 2.03. The highest BCUT2D eigenvalue weighted by molar-refractivity contribution is 14.1. The molecule has 4 heteroatoms. The van der Waals surface area contributed by atoms with Crippen LogP contribution in [0.2, 0.25) is 0 Å². The second-order valence-corrected chi connectivity index (χ2v) is 6.98. The summed E-state index contributed by atoms with van der Waals surface area (Å²) >= 11 is 11.8. The van der Waals surface area contributed by atoms with Crippen molar-refractivity contribution in [2.75, 3.05) is 6.26 Å². The minimum atomic E-state index is 0.598. The first-order valence-corrected chi connectivity index (χ1v) is 7.72. The zero-order valence-corrected chi connectivity index (χ0v) is 12.1. The Morgan fingerprint density at radius 2 is 2.21 bits per heavy atom. The molecule has 0 saturated carbocycles. The summed E-state index contributed by atoms with van der Waals surface area (Å²) in [6, 6.07) is 6.66. The third kappa shape index (κ3) is 2.05. The van der Waals surface area contributed by atoms with Crippen LogP contribution < -0.4 is 0 Å². The predicted octanol–water partition coefficient (Wildman–Crippen LogP) is 4.97. The van der Waals surface area contributed by atoms with E-state index >= 15 is 0 Å². The molecule has 1 heterocycles. The van der Waals surface area contributed by atoms with E-state index in [1.165, 1.54) is 23.4 Å². The van der Waals surface area contributed by atoms with Crippen molar-refractivity contribution in [3.05, 3.63) is 26.6 Å². The minimum absolute atomic E-state index is 0.598. The molecule has 1 aromatic heterocycles. The van der Waals surface area contributed by atoms with Crippen LogP contribution in [0.25, 0.3) is 10.1 Å². The summed E-state index contributed by atoms with van der Waals surface area (Å²) in [5, 5.41) is 1.33. The van der Waals surface area contributed by atoms with Gasteiger partial charge in [-0.25, -0.2) is 0 Å². The van der Waals surface area contributed by atoms with Gasteiger partial charge < -0.3 is 0 Å². The second kappa shape index (κ2) is 4.60. The molecule has 0 nitrogen and oxygen atoms in total. The molecule has 0 N–H and O–H groups in total. The predicted molar refractivity (Wildman–Crippen MR) is 75.9 cm³/mol. The van der Waals surface area contributed by atoms with Crippen LogP contribution in [0.1, 0.15) is 5.56 Å². The lowest BCUT2D eigenvalue weighted by atomic mass is 10.2. The molecule has 0 aliphatic carbocycles. The van der Waals surface area contributed by atoms with Gasteiger partial charge in [0.05, 0.1) is 2.88 Å². The number of thiophene rings is 1. The van der Waals surface area contributed by atoms with Crippen molar-refractivity contribution in [2.45, 2.75) is 10.8 Å². The molecule has 2 rings (SSSR count). The van der Waals surface area contributed by atoms with Crippen molar-refractivity contribution < 1.29 is 0 Å². The molecule has 0 unspecified atom stereocenters. The lowest BCUT2D eigenvalue weighted by molar-refractivity contribution is 1.29. The number of rotatable bonds is 2. The molecule has 0 saturated heterocycles. The largest absolute Gasteiger partial charge is 0.129 e. The summed E-state index contributed by atoms with van der Waals surface area (Å²) in [5.41, 5.74) is 1.24. The summed E-state index contributed by atoms with van der Waals surface area (Å²) in [6.45, 7) is 0. The number of thioether (sulfide) groups is 1. The summed E-state index contributed by atoms with van der Waals surface area (Å²) in [5.74, 6) is 0.598. The Balaban J connectivity index is 2.68. The van der Waals surface area contributed by atoms with E-state index in [2.05, 4.69) is 47.0 Å². The van der Waals surface area contributed by atoms with Crippen LogP contribution in [-0.2, 0) is 5.88 Å². The number of hydrogen-bond acceptors (Lipinski definition) is 2. The molecule has 0 spiro atoms. The highest BCUT2D eigenvalue weighted by Gasteiger charge is 2.05. The Morgan fingerprint density at radius 3 is 2.86 bits per heavy atom. The van der Waals surface area contributed by atoms with Gasteiger partial charge in [0.15, 0.2) is 0 Å². The fourth-order valence-electron chi connectivity index (χ4n) is 1.37. The maximum Gasteiger partial charge on any atom is 0.0666 e. The van der Waals surface area contributed by atoms with Crippen LogP contribution >= 0.6 is 57.3 Å². The summed E-state index contributed by atoms with van der Waals surface area (Å²) in [6.07, 6.45) is 2.09. The average Bonchev–Trinajstić information content (AvgIpc) is 2.54. The van der Waals surface area contributed by atoms with Gasteiger partial charge in [0.25, 0.3) is 0 Å². The van der Waals surface area contributed by atoms with Gasteiger partial charge in [-0.15, -0.1) is 34.7 Å². The molecule has 1 aromatic carbocycles. The van der Waals surface area contributed by atoms with Gasteiger partial charge in [0.2, 0.25) is 0 Å². The van der Waals surface area contributed by atoms with E-state index in [0.717, 1.165) is 0 Å². The summed E-state index contributed by atoms with van der Waals surface area (Å²) < 4.78 is 2.67. The fraction of sp³-hybridized carbons (Fsp3) is 0.200. The molecule has 0 radical (unpaired) electrons. The van der Waals surface area contributed by atoms with E-state index in [9.17, 15) is 0 Å².